The van der Waals surface area contributed by atoms with Crippen LogP contribution in [0.2, 0.25) is 0 Å². The number of carbonyl (C=O) groups is 2. The molecule has 2 N–H and O–H groups in total. The van der Waals surface area contributed by atoms with E-state index in [0.29, 0.717) is 37.9 Å². The average Bonchev–Trinajstić information content (AvgIpc) is 3.25. The first-order valence-corrected chi connectivity index (χ1v) is 9.72. The Morgan fingerprint density at radius 3 is 2.50 bits per heavy atom. The molecule has 3 aromatic rings. The molecular weight excluding hydrogens is 424 g/mol. The molecule has 2 aromatic heterocycles. The van der Waals surface area contributed by atoms with Crippen LogP contribution in [0.3, 0.4) is 0 Å². The van der Waals surface area contributed by atoms with E-state index < -0.39 is 17.5 Å². The van der Waals surface area contributed by atoms with Crippen molar-refractivity contribution in [1.82, 2.24) is 20.1 Å². The molecule has 1 aliphatic heterocycles. The maximum absolute atomic E-state index is 13.7. The predicted molar refractivity (Wildman–Crippen MR) is 111 cm³/mol. The maximum atomic E-state index is 13.7. The third-order valence-electron chi connectivity index (χ3n) is 4.85. The summed E-state index contributed by atoms with van der Waals surface area (Å²) < 4.78 is 31.9. The van der Waals surface area contributed by atoms with Crippen LogP contribution in [-0.2, 0) is 4.79 Å². The van der Waals surface area contributed by atoms with Gasteiger partial charge in [0.25, 0.3) is 0 Å². The van der Waals surface area contributed by atoms with Crippen molar-refractivity contribution in [3.8, 4) is 0 Å². The fourth-order valence-electron chi connectivity index (χ4n) is 3.15. The lowest BCUT2D eigenvalue weighted by Crippen LogP contribution is -2.48. The van der Waals surface area contributed by atoms with E-state index in [9.17, 15) is 18.4 Å². The lowest BCUT2D eigenvalue weighted by molar-refractivity contribution is -0.129. The topological polar surface area (TPSA) is 116 Å². The van der Waals surface area contributed by atoms with Crippen LogP contribution in [0, 0.1) is 11.6 Å². The molecule has 166 valence electrons. The molecule has 0 unspecified atom stereocenters. The molecule has 32 heavy (non-hydrogen) atoms. The molecule has 0 radical (unpaired) electrons. The quantitative estimate of drug-likeness (QED) is 0.618. The molecule has 10 nitrogen and oxygen atoms in total. The summed E-state index contributed by atoms with van der Waals surface area (Å²) in [6.07, 6.45) is 1.49. The zero-order valence-electron chi connectivity index (χ0n) is 17.0. The number of anilines is 4. The molecular formula is C20H19F2N7O3. The number of nitrogens with zero attached hydrogens (tertiary/aromatic N) is 5. The SMILES string of the molecule is CC(=O)N1CCN(c2ccc(NC(=O)c3nnc(Nc4ccc(F)cc4F)o3)cn2)CC1. The number of hydrogen-bond acceptors (Lipinski definition) is 8. The second kappa shape index (κ2) is 8.96. The molecule has 0 bridgehead atoms. The smallest absolute Gasteiger partial charge is 0.320 e. The minimum Gasteiger partial charge on any atom is -0.399 e. The minimum atomic E-state index is -0.844. The molecule has 0 saturated carbocycles. The van der Waals surface area contributed by atoms with Gasteiger partial charge in [0.15, 0.2) is 0 Å². The molecule has 2 amide bonds. The molecule has 1 fully saturated rings. The Balaban J connectivity index is 1.35. The molecule has 1 saturated heterocycles. The van der Waals surface area contributed by atoms with Gasteiger partial charge >= 0.3 is 17.8 Å². The monoisotopic (exact) mass is 443 g/mol. The number of nitrogens with one attached hydrogen (secondary N) is 2. The van der Waals surface area contributed by atoms with Gasteiger partial charge in [-0.2, -0.15) is 0 Å². The second-order valence-corrected chi connectivity index (χ2v) is 7.01. The van der Waals surface area contributed by atoms with Crippen LogP contribution in [0.25, 0.3) is 0 Å². The van der Waals surface area contributed by atoms with Gasteiger partial charge in [0, 0.05) is 39.2 Å². The number of rotatable bonds is 5. The van der Waals surface area contributed by atoms with Crippen LogP contribution in [0.15, 0.2) is 40.9 Å². The lowest BCUT2D eigenvalue weighted by Gasteiger charge is -2.34. The zero-order chi connectivity index (χ0) is 22.7. The van der Waals surface area contributed by atoms with Gasteiger partial charge in [0.1, 0.15) is 17.5 Å². The summed E-state index contributed by atoms with van der Waals surface area (Å²) in [5.74, 6) is -1.80. The predicted octanol–water partition coefficient (Wildman–Crippen LogP) is 2.41. The molecule has 0 aliphatic carbocycles. The van der Waals surface area contributed by atoms with Gasteiger partial charge in [-0.05, 0) is 24.3 Å². The Morgan fingerprint density at radius 2 is 1.84 bits per heavy atom. The molecule has 4 rings (SSSR count). The number of aromatic nitrogens is 3. The third-order valence-corrected chi connectivity index (χ3v) is 4.85. The van der Waals surface area contributed by atoms with E-state index in [1.807, 2.05) is 0 Å². The van der Waals surface area contributed by atoms with Crippen molar-refractivity contribution in [3.63, 3.8) is 0 Å². The number of benzene rings is 1. The van der Waals surface area contributed by atoms with Gasteiger partial charge in [0.05, 0.1) is 17.6 Å². The Hall–Kier alpha value is -4.09. The summed E-state index contributed by atoms with van der Waals surface area (Å²) in [7, 11) is 0. The third kappa shape index (κ3) is 4.79. The largest absolute Gasteiger partial charge is 0.399 e. The molecule has 3 heterocycles. The summed E-state index contributed by atoms with van der Waals surface area (Å²) in [6.45, 7) is 4.15. The van der Waals surface area contributed by atoms with E-state index in [1.54, 1.807) is 24.0 Å². The summed E-state index contributed by atoms with van der Waals surface area (Å²) in [5.41, 5.74) is 0.337. The fourth-order valence-corrected chi connectivity index (χ4v) is 3.15. The molecule has 0 spiro atoms. The Morgan fingerprint density at radius 1 is 1.06 bits per heavy atom. The van der Waals surface area contributed by atoms with Crippen LogP contribution < -0.4 is 15.5 Å². The van der Waals surface area contributed by atoms with E-state index in [-0.39, 0.29) is 23.5 Å². The Kier molecular flexibility index (Phi) is 5.92. The summed E-state index contributed by atoms with van der Waals surface area (Å²) in [4.78, 5) is 32.0. The van der Waals surface area contributed by atoms with Crippen LogP contribution in [-0.4, -0.2) is 58.1 Å². The van der Waals surface area contributed by atoms with Crippen LogP contribution in [0.4, 0.5) is 32.0 Å². The van der Waals surface area contributed by atoms with Crippen molar-refractivity contribution in [1.29, 1.82) is 0 Å². The molecule has 0 atom stereocenters. The highest BCUT2D eigenvalue weighted by atomic mass is 19.1. The number of amides is 2. The second-order valence-electron chi connectivity index (χ2n) is 7.01. The average molecular weight is 443 g/mol. The number of halogens is 2. The highest BCUT2D eigenvalue weighted by molar-refractivity contribution is 6.00. The Bertz CT molecular complexity index is 1130. The van der Waals surface area contributed by atoms with Crippen molar-refractivity contribution >= 4 is 35.0 Å². The van der Waals surface area contributed by atoms with Crippen molar-refractivity contribution < 1.29 is 22.8 Å². The van der Waals surface area contributed by atoms with Crippen LogP contribution in [0.1, 0.15) is 17.6 Å². The van der Waals surface area contributed by atoms with Crippen molar-refractivity contribution in [3.05, 3.63) is 54.1 Å². The van der Waals surface area contributed by atoms with E-state index in [0.717, 1.165) is 11.9 Å². The fraction of sp³-hybridized carbons (Fsp3) is 0.250. The summed E-state index contributed by atoms with van der Waals surface area (Å²) in [6, 6.07) is 6.15. The first-order valence-electron chi connectivity index (χ1n) is 9.72. The first kappa shape index (κ1) is 21.2. The highest BCUT2D eigenvalue weighted by Gasteiger charge is 2.20. The van der Waals surface area contributed by atoms with Crippen LogP contribution in [0.5, 0.6) is 0 Å². The highest BCUT2D eigenvalue weighted by Crippen LogP contribution is 2.21. The summed E-state index contributed by atoms with van der Waals surface area (Å²) in [5, 5.41) is 12.3. The van der Waals surface area contributed by atoms with E-state index in [4.69, 9.17) is 4.42 Å². The minimum absolute atomic E-state index is 0.0536. The standard InChI is InChI=1S/C20H19F2N7O3/c1-12(30)28-6-8-29(9-7-28)17-5-3-14(11-23-17)24-18(31)19-26-27-20(32-19)25-16-4-2-13(21)10-15(16)22/h2-5,10-11H,6-9H2,1H3,(H,24,31)(H,25,27). The van der Waals surface area contributed by atoms with Gasteiger partial charge in [-0.3, -0.25) is 9.59 Å². The van der Waals surface area contributed by atoms with Gasteiger partial charge in [-0.25, -0.2) is 13.8 Å². The van der Waals surface area contributed by atoms with Gasteiger partial charge in [0.2, 0.25) is 5.91 Å². The van der Waals surface area contributed by atoms with Crippen molar-refractivity contribution in [2.45, 2.75) is 6.92 Å². The van der Waals surface area contributed by atoms with Gasteiger partial charge in [-0.1, -0.05) is 5.10 Å². The maximum Gasteiger partial charge on any atom is 0.320 e. The van der Waals surface area contributed by atoms with E-state index >= 15 is 0 Å². The Labute approximate surface area is 181 Å². The molecule has 12 heteroatoms. The molecule has 1 aromatic carbocycles. The number of carbonyl (C=O) groups excluding carboxylic acids is 2. The number of pyridine rings is 1. The van der Waals surface area contributed by atoms with E-state index in [1.165, 1.54) is 12.3 Å². The first-order chi connectivity index (χ1) is 15.4. The number of piperazine rings is 1. The zero-order valence-corrected chi connectivity index (χ0v) is 17.0. The van der Waals surface area contributed by atoms with Crippen molar-refractivity contribution in [2.24, 2.45) is 0 Å². The number of hydrogen-bond donors (Lipinski definition) is 2. The van der Waals surface area contributed by atoms with Gasteiger partial charge in [-0.15, -0.1) is 5.10 Å². The van der Waals surface area contributed by atoms with Crippen LogP contribution >= 0.6 is 0 Å². The van der Waals surface area contributed by atoms with E-state index in [2.05, 4.69) is 30.7 Å². The molecule has 1 aliphatic rings. The van der Waals surface area contributed by atoms with Gasteiger partial charge < -0.3 is 24.9 Å². The van der Waals surface area contributed by atoms with Crippen molar-refractivity contribution in [2.75, 3.05) is 41.7 Å². The normalized spacial score (nSPS) is 13.7. The lowest BCUT2D eigenvalue weighted by atomic mass is 10.3. The summed E-state index contributed by atoms with van der Waals surface area (Å²) >= 11 is 0.